The van der Waals surface area contributed by atoms with Gasteiger partial charge in [0.2, 0.25) is 5.13 Å². The summed E-state index contributed by atoms with van der Waals surface area (Å²) in [5, 5.41) is 15.9. The van der Waals surface area contributed by atoms with E-state index >= 15 is 0 Å². The second-order valence-electron chi connectivity index (χ2n) is 6.40. The van der Waals surface area contributed by atoms with Crippen molar-refractivity contribution in [3.63, 3.8) is 0 Å². The van der Waals surface area contributed by atoms with Gasteiger partial charge in [-0.3, -0.25) is 0 Å². The Morgan fingerprint density at radius 3 is 2.44 bits per heavy atom. The molecule has 9 heteroatoms. The van der Waals surface area contributed by atoms with Gasteiger partial charge in [-0.1, -0.05) is 29.5 Å². The minimum atomic E-state index is 0.827. The standard InChI is InChI=1S/C18H18N8S/c1-13-22-23-18(27-13)25-9-7-24(8-10-25)16-15-11-21-26(17(15)20-12-19-16)14-5-3-2-4-6-14/h2-6,11-12H,7-10H2,1H3. The van der Waals surface area contributed by atoms with E-state index in [0.29, 0.717) is 0 Å². The molecule has 0 bridgehead atoms. The van der Waals surface area contributed by atoms with E-state index in [1.165, 1.54) is 0 Å². The van der Waals surface area contributed by atoms with E-state index < -0.39 is 0 Å². The van der Waals surface area contributed by atoms with Crippen molar-refractivity contribution in [2.75, 3.05) is 36.0 Å². The van der Waals surface area contributed by atoms with Gasteiger partial charge in [0.15, 0.2) is 5.65 Å². The number of aryl methyl sites for hydroxylation is 1. The molecular weight excluding hydrogens is 360 g/mol. The Hall–Kier alpha value is -3.07. The third kappa shape index (κ3) is 2.89. The molecule has 1 aliphatic rings. The highest BCUT2D eigenvalue weighted by Crippen LogP contribution is 2.27. The lowest BCUT2D eigenvalue weighted by molar-refractivity contribution is 0.645. The fraction of sp³-hybridized carbons (Fsp3) is 0.278. The smallest absolute Gasteiger partial charge is 0.208 e. The maximum Gasteiger partial charge on any atom is 0.208 e. The zero-order chi connectivity index (χ0) is 18.2. The SMILES string of the molecule is Cc1nnc(N2CCN(c3ncnc4c3cnn4-c3ccccc3)CC2)s1. The number of para-hydroxylation sites is 1. The normalized spacial score (nSPS) is 14.9. The van der Waals surface area contributed by atoms with Crippen LogP contribution in [0.3, 0.4) is 0 Å². The molecular formula is C18H18N8S. The van der Waals surface area contributed by atoms with Crippen molar-refractivity contribution >= 4 is 33.3 Å². The number of hydrogen-bond acceptors (Lipinski definition) is 8. The molecule has 1 fully saturated rings. The Labute approximate surface area is 160 Å². The average molecular weight is 378 g/mol. The summed E-state index contributed by atoms with van der Waals surface area (Å²) in [4.78, 5) is 13.6. The molecule has 0 spiro atoms. The monoisotopic (exact) mass is 378 g/mol. The maximum atomic E-state index is 4.56. The van der Waals surface area contributed by atoms with Crippen molar-refractivity contribution in [2.24, 2.45) is 0 Å². The highest BCUT2D eigenvalue weighted by Gasteiger charge is 2.23. The van der Waals surface area contributed by atoms with Gasteiger partial charge in [-0.05, 0) is 19.1 Å². The molecule has 0 aliphatic carbocycles. The van der Waals surface area contributed by atoms with E-state index in [-0.39, 0.29) is 0 Å². The van der Waals surface area contributed by atoms with Gasteiger partial charge in [-0.2, -0.15) is 5.10 Å². The molecule has 1 aliphatic heterocycles. The van der Waals surface area contributed by atoms with Gasteiger partial charge in [-0.25, -0.2) is 14.6 Å². The van der Waals surface area contributed by atoms with Crippen LogP contribution < -0.4 is 9.80 Å². The molecule has 0 unspecified atom stereocenters. The number of aromatic nitrogens is 6. The lowest BCUT2D eigenvalue weighted by atomic mass is 10.3. The molecule has 3 aromatic heterocycles. The van der Waals surface area contributed by atoms with Gasteiger partial charge >= 0.3 is 0 Å². The predicted octanol–water partition coefficient (Wildman–Crippen LogP) is 2.30. The summed E-state index contributed by atoms with van der Waals surface area (Å²) >= 11 is 1.64. The van der Waals surface area contributed by atoms with Crippen molar-refractivity contribution in [3.8, 4) is 5.69 Å². The van der Waals surface area contributed by atoms with Crippen LogP contribution in [0.2, 0.25) is 0 Å². The third-order valence-electron chi connectivity index (χ3n) is 4.71. The highest BCUT2D eigenvalue weighted by atomic mass is 32.1. The van der Waals surface area contributed by atoms with Crippen LogP contribution in [-0.2, 0) is 0 Å². The Balaban J connectivity index is 1.42. The molecule has 1 aromatic carbocycles. The van der Waals surface area contributed by atoms with Crippen molar-refractivity contribution in [1.29, 1.82) is 0 Å². The molecule has 27 heavy (non-hydrogen) atoms. The molecule has 0 amide bonds. The summed E-state index contributed by atoms with van der Waals surface area (Å²) in [5.41, 5.74) is 1.82. The number of fused-ring (bicyclic) bond motifs is 1. The van der Waals surface area contributed by atoms with Crippen LogP contribution in [-0.4, -0.2) is 56.1 Å². The van der Waals surface area contributed by atoms with Crippen molar-refractivity contribution in [3.05, 3.63) is 47.9 Å². The molecule has 1 saturated heterocycles. The van der Waals surface area contributed by atoms with Crippen LogP contribution in [0, 0.1) is 6.92 Å². The number of benzene rings is 1. The number of hydrogen-bond donors (Lipinski definition) is 0. The lowest BCUT2D eigenvalue weighted by Gasteiger charge is -2.35. The summed E-state index contributed by atoms with van der Waals surface area (Å²) in [5.74, 6) is 0.940. The summed E-state index contributed by atoms with van der Waals surface area (Å²) in [6.45, 7) is 5.53. The zero-order valence-electron chi connectivity index (χ0n) is 14.9. The number of anilines is 2. The van der Waals surface area contributed by atoms with Crippen molar-refractivity contribution in [1.82, 2.24) is 29.9 Å². The maximum absolute atomic E-state index is 4.56. The van der Waals surface area contributed by atoms with Crippen LogP contribution in [0.1, 0.15) is 5.01 Å². The minimum Gasteiger partial charge on any atom is -0.352 e. The fourth-order valence-corrected chi connectivity index (χ4v) is 4.10. The van der Waals surface area contributed by atoms with Crippen molar-refractivity contribution in [2.45, 2.75) is 6.92 Å². The Kier molecular flexibility index (Phi) is 3.93. The molecule has 5 rings (SSSR count). The first-order valence-corrected chi connectivity index (χ1v) is 9.65. The minimum absolute atomic E-state index is 0.827. The molecule has 4 heterocycles. The summed E-state index contributed by atoms with van der Waals surface area (Å²) < 4.78 is 1.86. The topological polar surface area (TPSA) is 75.9 Å². The molecule has 0 N–H and O–H groups in total. The third-order valence-corrected chi connectivity index (χ3v) is 5.61. The number of rotatable bonds is 3. The molecule has 8 nitrogen and oxygen atoms in total. The van der Waals surface area contributed by atoms with E-state index in [1.54, 1.807) is 17.7 Å². The summed E-state index contributed by atoms with van der Waals surface area (Å²) in [6, 6.07) is 10.0. The Morgan fingerprint density at radius 2 is 1.70 bits per heavy atom. The molecule has 136 valence electrons. The quantitative estimate of drug-likeness (QED) is 0.541. The first-order chi connectivity index (χ1) is 13.3. The van der Waals surface area contributed by atoms with Gasteiger partial charge < -0.3 is 9.80 Å². The second-order valence-corrected chi connectivity index (χ2v) is 7.56. The zero-order valence-corrected chi connectivity index (χ0v) is 15.7. The molecule has 0 radical (unpaired) electrons. The predicted molar refractivity (Wildman–Crippen MR) is 106 cm³/mol. The first-order valence-electron chi connectivity index (χ1n) is 8.84. The fourth-order valence-electron chi connectivity index (χ4n) is 3.37. The van der Waals surface area contributed by atoms with Crippen LogP contribution >= 0.6 is 11.3 Å². The van der Waals surface area contributed by atoms with Crippen LogP contribution in [0.25, 0.3) is 16.7 Å². The van der Waals surface area contributed by atoms with Gasteiger partial charge in [0, 0.05) is 26.2 Å². The lowest BCUT2D eigenvalue weighted by Crippen LogP contribution is -2.46. The van der Waals surface area contributed by atoms with Gasteiger partial charge in [0.1, 0.15) is 17.2 Å². The van der Waals surface area contributed by atoms with Gasteiger partial charge in [0.05, 0.1) is 17.3 Å². The number of piperazine rings is 1. The van der Waals surface area contributed by atoms with E-state index in [9.17, 15) is 0 Å². The van der Waals surface area contributed by atoms with Crippen LogP contribution in [0.4, 0.5) is 10.9 Å². The molecule has 0 atom stereocenters. The Bertz CT molecular complexity index is 1070. The second kappa shape index (κ2) is 6.58. The summed E-state index contributed by atoms with van der Waals surface area (Å²) in [7, 11) is 0. The first kappa shape index (κ1) is 16.1. The highest BCUT2D eigenvalue weighted by molar-refractivity contribution is 7.15. The van der Waals surface area contributed by atoms with E-state index in [0.717, 1.165) is 58.9 Å². The van der Waals surface area contributed by atoms with Crippen molar-refractivity contribution < 1.29 is 0 Å². The Morgan fingerprint density at radius 1 is 0.926 bits per heavy atom. The van der Waals surface area contributed by atoms with Gasteiger partial charge in [-0.15, -0.1) is 10.2 Å². The van der Waals surface area contributed by atoms with E-state index in [4.69, 9.17) is 0 Å². The molecule has 4 aromatic rings. The van der Waals surface area contributed by atoms with Gasteiger partial charge in [0.25, 0.3) is 0 Å². The molecule has 0 saturated carbocycles. The van der Waals surface area contributed by atoms with E-state index in [2.05, 4.69) is 35.1 Å². The largest absolute Gasteiger partial charge is 0.352 e. The number of nitrogens with zero attached hydrogens (tertiary/aromatic N) is 8. The average Bonchev–Trinajstić information content (AvgIpc) is 3.35. The van der Waals surface area contributed by atoms with E-state index in [1.807, 2.05) is 48.1 Å². The van der Waals surface area contributed by atoms with Crippen LogP contribution in [0.15, 0.2) is 42.9 Å². The summed E-state index contributed by atoms with van der Waals surface area (Å²) in [6.07, 6.45) is 3.48. The van der Waals surface area contributed by atoms with Crippen LogP contribution in [0.5, 0.6) is 0 Å².